The first-order valence-corrected chi connectivity index (χ1v) is 4.94. The number of carbonyl (C=O) groups is 2. The molecule has 0 unspecified atom stereocenters. The van der Waals surface area contributed by atoms with E-state index in [-0.39, 0.29) is 11.7 Å². The van der Waals surface area contributed by atoms with Gasteiger partial charge in [0.1, 0.15) is 0 Å². The third kappa shape index (κ3) is 3.95. The summed E-state index contributed by atoms with van der Waals surface area (Å²) in [6.07, 6.45) is 0. The van der Waals surface area contributed by atoms with E-state index < -0.39 is 5.24 Å². The topological polar surface area (TPSA) is 72.2 Å². The van der Waals surface area contributed by atoms with E-state index in [1.807, 2.05) is 18.2 Å². The molecule has 0 aliphatic carbocycles. The Kier molecular flexibility index (Phi) is 4.00. The van der Waals surface area contributed by atoms with Crippen LogP contribution in [-0.4, -0.2) is 16.9 Å². The fourth-order valence-electron chi connectivity index (χ4n) is 0.855. The van der Waals surface area contributed by atoms with Crippen molar-refractivity contribution >= 4 is 28.6 Å². The van der Waals surface area contributed by atoms with Crippen LogP contribution in [0.5, 0.6) is 0 Å². The smallest absolute Gasteiger partial charge is 0.276 e. The van der Waals surface area contributed by atoms with Crippen molar-refractivity contribution < 1.29 is 9.59 Å². The summed E-state index contributed by atoms with van der Waals surface area (Å²) in [6, 6.07) is 9.03. The lowest BCUT2D eigenvalue weighted by molar-refractivity contribution is -0.113. The SMILES string of the molecule is NC(=O)SCC(=O)Nc1ccccc1. The van der Waals surface area contributed by atoms with Crippen LogP contribution in [0.4, 0.5) is 10.5 Å². The summed E-state index contributed by atoms with van der Waals surface area (Å²) in [7, 11) is 0. The zero-order valence-electron chi connectivity index (χ0n) is 7.40. The van der Waals surface area contributed by atoms with Crippen molar-refractivity contribution in [2.24, 2.45) is 5.73 Å². The monoisotopic (exact) mass is 210 g/mol. The number of amides is 2. The molecule has 0 heterocycles. The number of benzene rings is 1. The lowest BCUT2D eigenvalue weighted by atomic mass is 10.3. The molecule has 4 nitrogen and oxygen atoms in total. The van der Waals surface area contributed by atoms with Crippen molar-refractivity contribution in [3.63, 3.8) is 0 Å². The van der Waals surface area contributed by atoms with Gasteiger partial charge in [0.2, 0.25) is 5.91 Å². The molecule has 1 rings (SSSR count). The largest absolute Gasteiger partial charge is 0.361 e. The Hall–Kier alpha value is -1.49. The average molecular weight is 210 g/mol. The Morgan fingerprint density at radius 2 is 1.93 bits per heavy atom. The molecule has 1 aromatic rings. The molecule has 0 spiro atoms. The van der Waals surface area contributed by atoms with Gasteiger partial charge in [-0.3, -0.25) is 9.59 Å². The summed E-state index contributed by atoms with van der Waals surface area (Å²) in [4.78, 5) is 21.5. The van der Waals surface area contributed by atoms with Gasteiger partial charge in [0.15, 0.2) is 0 Å². The van der Waals surface area contributed by atoms with Gasteiger partial charge in [0.05, 0.1) is 5.75 Å². The number of thioether (sulfide) groups is 1. The van der Waals surface area contributed by atoms with Gasteiger partial charge in [-0.2, -0.15) is 0 Å². The van der Waals surface area contributed by atoms with E-state index in [9.17, 15) is 9.59 Å². The Morgan fingerprint density at radius 3 is 2.50 bits per heavy atom. The highest BCUT2D eigenvalue weighted by atomic mass is 32.2. The van der Waals surface area contributed by atoms with Gasteiger partial charge in [-0.25, -0.2) is 0 Å². The predicted molar refractivity (Wildman–Crippen MR) is 57.1 cm³/mol. The van der Waals surface area contributed by atoms with E-state index in [2.05, 4.69) is 5.32 Å². The summed E-state index contributed by atoms with van der Waals surface area (Å²) in [6.45, 7) is 0. The quantitative estimate of drug-likeness (QED) is 0.792. The van der Waals surface area contributed by atoms with Crippen molar-refractivity contribution in [2.75, 3.05) is 11.1 Å². The number of primary amides is 1. The third-order valence-electron chi connectivity index (χ3n) is 1.40. The molecule has 0 atom stereocenters. The fourth-order valence-corrected chi connectivity index (χ4v) is 1.20. The summed E-state index contributed by atoms with van der Waals surface area (Å²) < 4.78 is 0. The Labute approximate surface area is 85.9 Å². The number of anilines is 1. The average Bonchev–Trinajstić information content (AvgIpc) is 2.16. The lowest BCUT2D eigenvalue weighted by Crippen LogP contribution is -2.16. The van der Waals surface area contributed by atoms with Gasteiger partial charge in [-0.15, -0.1) is 0 Å². The molecule has 74 valence electrons. The summed E-state index contributed by atoms with van der Waals surface area (Å²) in [5.41, 5.74) is 5.59. The Bertz CT molecular complexity index is 327. The van der Waals surface area contributed by atoms with Crippen molar-refractivity contribution in [1.29, 1.82) is 0 Å². The molecule has 0 aliphatic rings. The highest BCUT2D eigenvalue weighted by Crippen LogP contribution is 2.06. The first kappa shape index (κ1) is 10.6. The van der Waals surface area contributed by atoms with Crippen LogP contribution in [0, 0.1) is 0 Å². The van der Waals surface area contributed by atoms with Crippen molar-refractivity contribution in [2.45, 2.75) is 0 Å². The predicted octanol–water partition coefficient (Wildman–Crippen LogP) is 1.44. The highest BCUT2D eigenvalue weighted by Gasteiger charge is 2.04. The third-order valence-corrected chi connectivity index (χ3v) is 2.09. The molecular weight excluding hydrogens is 200 g/mol. The molecule has 0 fully saturated rings. The number of nitrogens with two attached hydrogens (primary N) is 1. The summed E-state index contributed by atoms with van der Waals surface area (Å²) in [5.74, 6) is -0.190. The van der Waals surface area contributed by atoms with E-state index in [0.717, 1.165) is 11.8 Å². The number of nitrogens with one attached hydrogen (secondary N) is 1. The maximum absolute atomic E-state index is 11.2. The zero-order chi connectivity index (χ0) is 10.4. The summed E-state index contributed by atoms with van der Waals surface area (Å²) in [5, 5.41) is 2.08. The van der Waals surface area contributed by atoms with Crippen molar-refractivity contribution in [3.8, 4) is 0 Å². The van der Waals surface area contributed by atoms with E-state index in [1.54, 1.807) is 12.1 Å². The van der Waals surface area contributed by atoms with Crippen LogP contribution in [0.2, 0.25) is 0 Å². The lowest BCUT2D eigenvalue weighted by Gasteiger charge is -2.02. The molecular formula is C9H10N2O2S. The molecule has 0 saturated carbocycles. The second-order valence-corrected chi connectivity index (χ2v) is 3.50. The maximum Gasteiger partial charge on any atom is 0.276 e. The van der Waals surface area contributed by atoms with Gasteiger partial charge in [-0.1, -0.05) is 30.0 Å². The standard InChI is InChI=1S/C9H10N2O2S/c10-9(13)14-6-8(12)11-7-4-2-1-3-5-7/h1-5H,6H2,(H2,10,13)(H,11,12). The Balaban J connectivity index is 2.38. The van der Waals surface area contributed by atoms with Crippen LogP contribution in [0.3, 0.4) is 0 Å². The molecule has 0 saturated heterocycles. The number of hydrogen-bond acceptors (Lipinski definition) is 3. The molecule has 2 amide bonds. The number of rotatable bonds is 3. The van der Waals surface area contributed by atoms with Crippen LogP contribution < -0.4 is 11.1 Å². The van der Waals surface area contributed by atoms with E-state index in [4.69, 9.17) is 5.73 Å². The normalized spacial score (nSPS) is 9.43. The number of para-hydroxylation sites is 1. The Morgan fingerprint density at radius 1 is 1.29 bits per heavy atom. The molecule has 0 aromatic heterocycles. The van der Waals surface area contributed by atoms with Crippen LogP contribution in [-0.2, 0) is 4.79 Å². The van der Waals surface area contributed by atoms with E-state index in [0.29, 0.717) is 5.69 Å². The van der Waals surface area contributed by atoms with Gasteiger partial charge >= 0.3 is 0 Å². The summed E-state index contributed by atoms with van der Waals surface area (Å²) >= 11 is 0.785. The first-order chi connectivity index (χ1) is 6.68. The minimum Gasteiger partial charge on any atom is -0.361 e. The highest BCUT2D eigenvalue weighted by molar-refractivity contribution is 8.14. The zero-order valence-corrected chi connectivity index (χ0v) is 8.21. The first-order valence-electron chi connectivity index (χ1n) is 3.95. The molecule has 0 aliphatic heterocycles. The minimum atomic E-state index is -0.548. The van der Waals surface area contributed by atoms with Gasteiger partial charge in [-0.05, 0) is 12.1 Å². The minimum absolute atomic E-state index is 0.0459. The van der Waals surface area contributed by atoms with Crippen molar-refractivity contribution in [1.82, 2.24) is 0 Å². The van der Waals surface area contributed by atoms with Crippen LogP contribution >= 0.6 is 11.8 Å². The molecule has 1 aromatic carbocycles. The van der Waals surface area contributed by atoms with E-state index in [1.165, 1.54) is 0 Å². The van der Waals surface area contributed by atoms with Crippen LogP contribution in [0.25, 0.3) is 0 Å². The molecule has 14 heavy (non-hydrogen) atoms. The van der Waals surface area contributed by atoms with Gasteiger partial charge in [0, 0.05) is 5.69 Å². The van der Waals surface area contributed by atoms with Crippen LogP contribution in [0.1, 0.15) is 0 Å². The second-order valence-electron chi connectivity index (χ2n) is 2.52. The van der Waals surface area contributed by atoms with Crippen LogP contribution in [0.15, 0.2) is 30.3 Å². The molecule has 3 N–H and O–H groups in total. The van der Waals surface area contributed by atoms with Gasteiger partial charge < -0.3 is 11.1 Å². The molecule has 0 bridgehead atoms. The van der Waals surface area contributed by atoms with E-state index >= 15 is 0 Å². The maximum atomic E-state index is 11.2. The number of carbonyl (C=O) groups excluding carboxylic acids is 2. The van der Waals surface area contributed by atoms with Gasteiger partial charge in [0.25, 0.3) is 5.24 Å². The molecule has 0 radical (unpaired) electrons. The molecule has 5 heteroatoms. The van der Waals surface area contributed by atoms with Crippen molar-refractivity contribution in [3.05, 3.63) is 30.3 Å². The number of hydrogen-bond donors (Lipinski definition) is 2. The second kappa shape index (κ2) is 5.29. The fraction of sp³-hybridized carbons (Fsp3) is 0.111.